The zero-order valence-corrected chi connectivity index (χ0v) is 14.4. The van der Waals surface area contributed by atoms with Crippen LogP contribution < -0.4 is 0 Å². The Morgan fingerprint density at radius 1 is 0.913 bits per heavy atom. The molecule has 0 bridgehead atoms. The Labute approximate surface area is 146 Å². The largest absolute Gasteiger partial charge is 0.289 e. The average molecular weight is 341 g/mol. The molecule has 0 atom stereocenters. The Bertz CT molecular complexity index is 838. The maximum Gasteiger partial charge on any atom is 0.185 e. The van der Waals surface area contributed by atoms with E-state index in [4.69, 9.17) is 0 Å². The van der Waals surface area contributed by atoms with E-state index < -0.39 is 0 Å². The van der Waals surface area contributed by atoms with Crippen molar-refractivity contribution >= 4 is 46.8 Å². The van der Waals surface area contributed by atoms with Crippen molar-refractivity contribution < 1.29 is 4.79 Å². The predicted molar refractivity (Wildman–Crippen MR) is 103 cm³/mol. The quantitative estimate of drug-likeness (QED) is 0.335. The molecule has 0 heterocycles. The minimum Gasteiger partial charge on any atom is -0.289 e. The van der Waals surface area contributed by atoms with Crippen LogP contribution in [0.15, 0.2) is 77.7 Å². The third-order valence-corrected chi connectivity index (χ3v) is 4.32. The number of carbonyl (C=O) groups is 1. The second-order valence-electron chi connectivity index (χ2n) is 5.03. The molecule has 3 rings (SSSR count). The number of ketones is 1. The van der Waals surface area contributed by atoms with Crippen LogP contribution in [0.25, 0.3) is 16.8 Å². The SMILES string of the molecule is CSc1ccc(C(=O)C=Cc2ccc3ccccc3c2)cc1.Cl. The molecule has 23 heavy (non-hydrogen) atoms. The van der Waals surface area contributed by atoms with Crippen molar-refractivity contribution in [3.63, 3.8) is 0 Å². The molecular weight excluding hydrogens is 324 g/mol. The Hall–Kier alpha value is -2.03. The van der Waals surface area contributed by atoms with Gasteiger partial charge in [0, 0.05) is 10.5 Å². The highest BCUT2D eigenvalue weighted by molar-refractivity contribution is 7.98. The van der Waals surface area contributed by atoms with Crippen LogP contribution in [0.3, 0.4) is 0 Å². The second-order valence-corrected chi connectivity index (χ2v) is 5.91. The summed E-state index contributed by atoms with van der Waals surface area (Å²) in [4.78, 5) is 13.3. The van der Waals surface area contributed by atoms with Gasteiger partial charge in [0.05, 0.1) is 0 Å². The summed E-state index contributed by atoms with van der Waals surface area (Å²) in [6.07, 6.45) is 5.53. The van der Waals surface area contributed by atoms with Crippen LogP contribution in [0.4, 0.5) is 0 Å². The summed E-state index contributed by atoms with van der Waals surface area (Å²) in [5, 5.41) is 2.39. The van der Waals surface area contributed by atoms with Crippen LogP contribution in [0.5, 0.6) is 0 Å². The van der Waals surface area contributed by atoms with Gasteiger partial charge in [-0.3, -0.25) is 4.79 Å². The zero-order chi connectivity index (χ0) is 15.4. The van der Waals surface area contributed by atoms with Gasteiger partial charge in [0.25, 0.3) is 0 Å². The average Bonchev–Trinajstić information content (AvgIpc) is 2.59. The van der Waals surface area contributed by atoms with Crippen LogP contribution in [-0.2, 0) is 0 Å². The van der Waals surface area contributed by atoms with Crippen molar-refractivity contribution in [3.8, 4) is 0 Å². The van der Waals surface area contributed by atoms with E-state index >= 15 is 0 Å². The smallest absolute Gasteiger partial charge is 0.185 e. The summed E-state index contributed by atoms with van der Waals surface area (Å²) in [6.45, 7) is 0. The first-order chi connectivity index (χ1) is 10.8. The van der Waals surface area contributed by atoms with Crippen LogP contribution in [0.1, 0.15) is 15.9 Å². The number of allylic oxidation sites excluding steroid dienone is 1. The molecule has 0 unspecified atom stereocenters. The standard InChI is InChI=1S/C20H16OS.ClH/c1-22-19-11-9-17(10-12-19)20(21)13-7-15-6-8-16-4-2-3-5-18(16)14-15;/h2-14H,1H3;1H. The first kappa shape index (κ1) is 17.3. The number of benzene rings is 3. The van der Waals surface area contributed by atoms with Gasteiger partial charge in [-0.1, -0.05) is 42.5 Å². The third kappa shape index (κ3) is 4.25. The fraction of sp³-hybridized carbons (Fsp3) is 0.0500. The molecule has 3 aromatic rings. The fourth-order valence-corrected chi connectivity index (χ4v) is 2.74. The monoisotopic (exact) mass is 340 g/mol. The maximum absolute atomic E-state index is 12.2. The Morgan fingerprint density at radius 2 is 1.61 bits per heavy atom. The molecule has 116 valence electrons. The van der Waals surface area contributed by atoms with Gasteiger partial charge in [0.2, 0.25) is 0 Å². The van der Waals surface area contributed by atoms with Crippen molar-refractivity contribution in [2.24, 2.45) is 0 Å². The molecule has 0 saturated heterocycles. The fourth-order valence-electron chi connectivity index (χ4n) is 2.33. The van der Waals surface area contributed by atoms with Crippen LogP contribution in [0.2, 0.25) is 0 Å². The molecule has 0 amide bonds. The summed E-state index contributed by atoms with van der Waals surface area (Å²) in [5.41, 5.74) is 1.75. The molecule has 0 spiro atoms. The van der Waals surface area contributed by atoms with Gasteiger partial charge in [0.1, 0.15) is 0 Å². The van der Waals surface area contributed by atoms with Crippen LogP contribution in [0, 0.1) is 0 Å². The molecule has 1 nitrogen and oxygen atoms in total. The Kier molecular flexibility index (Phi) is 6.03. The first-order valence-corrected chi connectivity index (χ1v) is 8.34. The highest BCUT2D eigenvalue weighted by Crippen LogP contribution is 2.18. The van der Waals surface area contributed by atoms with Gasteiger partial charge in [0.15, 0.2) is 5.78 Å². The lowest BCUT2D eigenvalue weighted by Crippen LogP contribution is -1.93. The Morgan fingerprint density at radius 3 is 2.30 bits per heavy atom. The first-order valence-electron chi connectivity index (χ1n) is 7.11. The predicted octanol–water partition coefficient (Wildman–Crippen LogP) is 5.88. The summed E-state index contributed by atoms with van der Waals surface area (Å²) in [5.74, 6) is 0.0285. The van der Waals surface area contributed by atoms with E-state index in [1.165, 1.54) is 10.8 Å². The molecule has 0 aliphatic carbocycles. The number of rotatable bonds is 4. The maximum atomic E-state index is 12.2. The number of halogens is 1. The molecule has 3 heteroatoms. The van der Waals surface area contributed by atoms with Crippen molar-refractivity contribution in [2.75, 3.05) is 6.26 Å². The number of hydrogen-bond acceptors (Lipinski definition) is 2. The summed E-state index contributed by atoms with van der Waals surface area (Å²) in [6, 6.07) is 22.1. The molecule has 0 aliphatic heterocycles. The topological polar surface area (TPSA) is 17.1 Å². The van der Waals surface area contributed by atoms with E-state index in [2.05, 4.69) is 24.3 Å². The van der Waals surface area contributed by atoms with Crippen molar-refractivity contribution in [1.82, 2.24) is 0 Å². The lowest BCUT2D eigenvalue weighted by molar-refractivity contribution is 0.104. The van der Waals surface area contributed by atoms with Gasteiger partial charge >= 0.3 is 0 Å². The van der Waals surface area contributed by atoms with Gasteiger partial charge in [-0.25, -0.2) is 0 Å². The molecule has 3 aromatic carbocycles. The number of hydrogen-bond donors (Lipinski definition) is 0. The molecular formula is C20H17ClOS. The van der Waals surface area contributed by atoms with Crippen molar-refractivity contribution in [2.45, 2.75) is 4.90 Å². The number of carbonyl (C=O) groups excluding carboxylic acids is 1. The van der Waals surface area contributed by atoms with Gasteiger partial charge in [-0.15, -0.1) is 24.2 Å². The van der Waals surface area contributed by atoms with Crippen LogP contribution >= 0.6 is 24.2 Å². The summed E-state index contributed by atoms with van der Waals surface area (Å²) in [7, 11) is 0. The number of fused-ring (bicyclic) bond motifs is 1. The lowest BCUT2D eigenvalue weighted by Gasteiger charge is -2.00. The minimum atomic E-state index is 0. The van der Waals surface area contributed by atoms with Gasteiger partial charge < -0.3 is 0 Å². The van der Waals surface area contributed by atoms with E-state index in [1.54, 1.807) is 17.8 Å². The summed E-state index contributed by atoms with van der Waals surface area (Å²) < 4.78 is 0. The van der Waals surface area contributed by atoms with E-state index in [0.717, 1.165) is 16.0 Å². The minimum absolute atomic E-state index is 0. The molecule has 0 N–H and O–H groups in total. The third-order valence-electron chi connectivity index (χ3n) is 3.58. The highest BCUT2D eigenvalue weighted by Gasteiger charge is 2.01. The molecule has 0 fully saturated rings. The van der Waals surface area contributed by atoms with E-state index in [9.17, 15) is 4.79 Å². The molecule has 0 aliphatic rings. The lowest BCUT2D eigenvalue weighted by atomic mass is 10.1. The van der Waals surface area contributed by atoms with E-state index in [-0.39, 0.29) is 18.2 Å². The van der Waals surface area contributed by atoms with Crippen LogP contribution in [-0.4, -0.2) is 12.0 Å². The van der Waals surface area contributed by atoms with E-state index in [0.29, 0.717) is 0 Å². The molecule has 0 radical (unpaired) electrons. The molecule has 0 aromatic heterocycles. The molecule has 0 saturated carbocycles. The number of thioether (sulfide) groups is 1. The van der Waals surface area contributed by atoms with Gasteiger partial charge in [-0.05, 0) is 59.0 Å². The van der Waals surface area contributed by atoms with Crippen molar-refractivity contribution in [1.29, 1.82) is 0 Å². The van der Waals surface area contributed by atoms with Crippen molar-refractivity contribution in [3.05, 3.63) is 83.9 Å². The second kappa shape index (κ2) is 8.00. The van der Waals surface area contributed by atoms with E-state index in [1.807, 2.05) is 54.8 Å². The highest BCUT2D eigenvalue weighted by atomic mass is 35.5. The van der Waals surface area contributed by atoms with Gasteiger partial charge in [-0.2, -0.15) is 0 Å². The Balaban J connectivity index is 0.00000192. The summed E-state index contributed by atoms with van der Waals surface area (Å²) >= 11 is 1.67. The normalized spacial score (nSPS) is 10.7. The zero-order valence-electron chi connectivity index (χ0n) is 12.7.